The third-order valence-corrected chi connectivity index (χ3v) is 3.36. The predicted molar refractivity (Wildman–Crippen MR) is 77.8 cm³/mol. The fourth-order valence-corrected chi connectivity index (χ4v) is 2.08. The number of hydrogen-bond donors (Lipinski definition) is 2. The molecule has 1 aliphatic heterocycles. The smallest absolute Gasteiger partial charge is 0.238 e. The van der Waals surface area contributed by atoms with Crippen LogP contribution in [0.3, 0.4) is 0 Å². The number of hydrogen-bond acceptors (Lipinski definition) is 3. The summed E-state index contributed by atoms with van der Waals surface area (Å²) < 4.78 is 0. The standard InChI is InChI=1S/C15H21N3O/c1-12-6-8-18(9-7-12)11-15(19)17-14-4-2-13(10-16)3-5-14/h2-6H,7-11,16H2,1H3,(H,17,19). The Kier molecular flexibility index (Phi) is 4.71. The quantitative estimate of drug-likeness (QED) is 0.810. The Balaban J connectivity index is 1.83. The molecule has 0 atom stereocenters. The Morgan fingerprint density at radius 2 is 2.11 bits per heavy atom. The fraction of sp³-hybridized carbons (Fsp3) is 0.400. The molecule has 1 aliphatic rings. The van der Waals surface area contributed by atoms with Gasteiger partial charge in [0.25, 0.3) is 0 Å². The molecule has 0 aromatic heterocycles. The number of carbonyl (C=O) groups excluding carboxylic acids is 1. The number of nitrogens with two attached hydrogens (primary N) is 1. The van der Waals surface area contributed by atoms with Gasteiger partial charge in [-0.2, -0.15) is 0 Å². The summed E-state index contributed by atoms with van der Waals surface area (Å²) in [5, 5.41) is 2.91. The summed E-state index contributed by atoms with van der Waals surface area (Å²) in [6.45, 7) is 4.93. The van der Waals surface area contributed by atoms with Crippen molar-refractivity contribution in [3.63, 3.8) is 0 Å². The van der Waals surface area contributed by atoms with E-state index in [4.69, 9.17) is 5.73 Å². The number of nitrogens with zero attached hydrogens (tertiary/aromatic N) is 1. The van der Waals surface area contributed by atoms with Crippen LogP contribution in [0.15, 0.2) is 35.9 Å². The Morgan fingerprint density at radius 1 is 1.37 bits per heavy atom. The summed E-state index contributed by atoms with van der Waals surface area (Å²) in [7, 11) is 0. The first-order valence-corrected chi connectivity index (χ1v) is 6.64. The number of carbonyl (C=O) groups is 1. The monoisotopic (exact) mass is 259 g/mol. The van der Waals surface area contributed by atoms with Gasteiger partial charge in [-0.15, -0.1) is 0 Å². The topological polar surface area (TPSA) is 58.4 Å². The largest absolute Gasteiger partial charge is 0.326 e. The summed E-state index contributed by atoms with van der Waals surface area (Å²) in [5.74, 6) is 0.0356. The maximum Gasteiger partial charge on any atom is 0.238 e. The normalized spacial score (nSPS) is 16.0. The van der Waals surface area contributed by atoms with Gasteiger partial charge in [-0.05, 0) is 31.0 Å². The number of rotatable bonds is 4. The van der Waals surface area contributed by atoms with Crippen molar-refractivity contribution in [2.24, 2.45) is 5.73 Å². The highest BCUT2D eigenvalue weighted by Crippen LogP contribution is 2.11. The van der Waals surface area contributed by atoms with Gasteiger partial charge in [-0.3, -0.25) is 9.69 Å². The van der Waals surface area contributed by atoms with Crippen LogP contribution >= 0.6 is 0 Å². The molecule has 19 heavy (non-hydrogen) atoms. The van der Waals surface area contributed by atoms with Crippen molar-refractivity contribution in [1.82, 2.24) is 4.90 Å². The molecular weight excluding hydrogens is 238 g/mol. The molecule has 2 rings (SSSR count). The van der Waals surface area contributed by atoms with Crippen LogP contribution in [0.5, 0.6) is 0 Å². The van der Waals surface area contributed by atoms with Crippen LogP contribution in [0.25, 0.3) is 0 Å². The molecule has 0 saturated carbocycles. The highest BCUT2D eigenvalue weighted by atomic mass is 16.2. The lowest BCUT2D eigenvalue weighted by atomic mass is 10.1. The first kappa shape index (κ1) is 13.8. The van der Waals surface area contributed by atoms with Crippen molar-refractivity contribution in [3.8, 4) is 0 Å². The molecule has 0 saturated heterocycles. The highest BCUT2D eigenvalue weighted by Gasteiger charge is 2.13. The van der Waals surface area contributed by atoms with E-state index in [0.29, 0.717) is 13.1 Å². The summed E-state index contributed by atoms with van der Waals surface area (Å²) in [6, 6.07) is 7.64. The molecule has 0 unspecified atom stereocenters. The van der Waals surface area contributed by atoms with Crippen LogP contribution in [0.4, 0.5) is 5.69 Å². The Morgan fingerprint density at radius 3 is 2.68 bits per heavy atom. The minimum Gasteiger partial charge on any atom is -0.326 e. The lowest BCUT2D eigenvalue weighted by Crippen LogP contribution is -2.36. The number of amides is 1. The predicted octanol–water partition coefficient (Wildman–Crippen LogP) is 1.74. The number of anilines is 1. The van der Waals surface area contributed by atoms with Crippen LogP contribution < -0.4 is 11.1 Å². The number of nitrogens with one attached hydrogen (secondary N) is 1. The van der Waals surface area contributed by atoms with Crippen LogP contribution in [0.1, 0.15) is 18.9 Å². The van der Waals surface area contributed by atoms with E-state index >= 15 is 0 Å². The van der Waals surface area contributed by atoms with Gasteiger partial charge in [-0.1, -0.05) is 23.8 Å². The van der Waals surface area contributed by atoms with Crippen molar-refractivity contribution < 1.29 is 4.79 Å². The summed E-state index contributed by atoms with van der Waals surface area (Å²) >= 11 is 0. The van der Waals surface area contributed by atoms with Gasteiger partial charge in [0.1, 0.15) is 0 Å². The molecule has 3 N–H and O–H groups in total. The van der Waals surface area contributed by atoms with Crippen molar-refractivity contribution in [2.75, 3.05) is 25.0 Å². The molecular formula is C15H21N3O. The van der Waals surface area contributed by atoms with Gasteiger partial charge in [0.15, 0.2) is 0 Å². The average molecular weight is 259 g/mol. The maximum absolute atomic E-state index is 11.9. The Labute approximate surface area is 114 Å². The van der Waals surface area contributed by atoms with Gasteiger partial charge in [0, 0.05) is 25.3 Å². The minimum absolute atomic E-state index is 0.0356. The van der Waals surface area contributed by atoms with Gasteiger partial charge in [-0.25, -0.2) is 0 Å². The average Bonchev–Trinajstić information content (AvgIpc) is 2.42. The van der Waals surface area contributed by atoms with Crippen molar-refractivity contribution in [1.29, 1.82) is 0 Å². The first-order chi connectivity index (χ1) is 9.17. The van der Waals surface area contributed by atoms with E-state index in [9.17, 15) is 4.79 Å². The Hall–Kier alpha value is -1.65. The van der Waals surface area contributed by atoms with E-state index in [1.54, 1.807) is 0 Å². The summed E-state index contributed by atoms with van der Waals surface area (Å²) in [6.07, 6.45) is 3.24. The SMILES string of the molecule is CC1=CCN(CC(=O)Nc2ccc(CN)cc2)CC1. The van der Waals surface area contributed by atoms with Gasteiger partial charge in [0.05, 0.1) is 6.54 Å². The van der Waals surface area contributed by atoms with Crippen LogP contribution in [-0.4, -0.2) is 30.4 Å². The van der Waals surface area contributed by atoms with Gasteiger partial charge < -0.3 is 11.1 Å². The van der Waals surface area contributed by atoms with E-state index < -0.39 is 0 Å². The zero-order chi connectivity index (χ0) is 13.7. The molecule has 4 nitrogen and oxygen atoms in total. The molecule has 0 radical (unpaired) electrons. The third-order valence-electron chi connectivity index (χ3n) is 3.36. The van der Waals surface area contributed by atoms with Crippen LogP contribution in [0, 0.1) is 0 Å². The van der Waals surface area contributed by atoms with Gasteiger partial charge >= 0.3 is 0 Å². The van der Waals surface area contributed by atoms with Gasteiger partial charge in [0.2, 0.25) is 5.91 Å². The molecule has 0 aliphatic carbocycles. The first-order valence-electron chi connectivity index (χ1n) is 6.64. The molecule has 1 aromatic rings. The molecule has 1 heterocycles. The minimum atomic E-state index is 0.0356. The molecule has 0 bridgehead atoms. The van der Waals surface area contributed by atoms with E-state index in [2.05, 4.69) is 23.2 Å². The highest BCUT2D eigenvalue weighted by molar-refractivity contribution is 5.92. The van der Waals surface area contributed by atoms with Crippen molar-refractivity contribution >= 4 is 11.6 Å². The fourth-order valence-electron chi connectivity index (χ4n) is 2.08. The van der Waals surface area contributed by atoms with E-state index in [1.807, 2.05) is 24.3 Å². The van der Waals surface area contributed by atoms with E-state index in [-0.39, 0.29) is 5.91 Å². The van der Waals surface area contributed by atoms with Crippen molar-refractivity contribution in [2.45, 2.75) is 19.9 Å². The lowest BCUT2D eigenvalue weighted by molar-refractivity contribution is -0.117. The molecule has 1 aromatic carbocycles. The molecule has 102 valence electrons. The second kappa shape index (κ2) is 6.50. The van der Waals surface area contributed by atoms with Crippen molar-refractivity contribution in [3.05, 3.63) is 41.5 Å². The summed E-state index contributed by atoms with van der Waals surface area (Å²) in [4.78, 5) is 14.1. The summed E-state index contributed by atoms with van der Waals surface area (Å²) in [5.41, 5.74) is 8.84. The zero-order valence-corrected chi connectivity index (χ0v) is 11.4. The van der Waals surface area contributed by atoms with Crippen LogP contribution in [-0.2, 0) is 11.3 Å². The maximum atomic E-state index is 11.9. The molecule has 0 fully saturated rings. The number of benzene rings is 1. The molecule has 1 amide bonds. The van der Waals surface area contributed by atoms with E-state index in [0.717, 1.165) is 30.8 Å². The molecule has 4 heteroatoms. The zero-order valence-electron chi connectivity index (χ0n) is 11.4. The Bertz CT molecular complexity index is 465. The third kappa shape index (κ3) is 4.19. The second-order valence-corrected chi connectivity index (χ2v) is 4.98. The lowest BCUT2D eigenvalue weighted by Gasteiger charge is -2.24. The second-order valence-electron chi connectivity index (χ2n) is 4.98. The van der Waals surface area contributed by atoms with E-state index in [1.165, 1.54) is 5.57 Å². The van der Waals surface area contributed by atoms with Crippen LogP contribution in [0.2, 0.25) is 0 Å². The molecule has 0 spiro atoms.